The SMILES string of the molecule is CCOC(=O)COC(=O)C(C)NS(=O)(=O)CCCSOOC(C)C.CCOC(=O)COC(=O)CNS(=O)(=O)CCCSOOC(C)C. The minimum Gasteiger partial charge on any atom is -0.463 e. The molecular formula is C25H48N2O16S4. The first-order valence-corrected chi connectivity index (χ1v) is 19.6. The molecule has 0 fully saturated rings. The van der Waals surface area contributed by atoms with Crippen LogP contribution in [0.1, 0.15) is 61.3 Å². The summed E-state index contributed by atoms with van der Waals surface area (Å²) in [5, 5.41) is 0. The highest BCUT2D eigenvalue weighted by atomic mass is 32.2. The van der Waals surface area contributed by atoms with Crippen molar-refractivity contribution >= 4 is 68.0 Å². The number of hydrogen-bond acceptors (Lipinski definition) is 18. The second kappa shape index (κ2) is 28.1. The van der Waals surface area contributed by atoms with Crippen molar-refractivity contribution in [2.24, 2.45) is 0 Å². The van der Waals surface area contributed by atoms with E-state index in [0.717, 1.165) is 24.1 Å². The van der Waals surface area contributed by atoms with E-state index in [0.29, 0.717) is 24.3 Å². The summed E-state index contributed by atoms with van der Waals surface area (Å²) in [5.41, 5.74) is 0. The largest absolute Gasteiger partial charge is 0.463 e. The van der Waals surface area contributed by atoms with Crippen LogP contribution in [0.15, 0.2) is 0 Å². The first-order valence-electron chi connectivity index (χ1n) is 14.4. The van der Waals surface area contributed by atoms with Gasteiger partial charge >= 0.3 is 23.9 Å². The monoisotopic (exact) mass is 760 g/mol. The van der Waals surface area contributed by atoms with E-state index < -0.39 is 69.7 Å². The predicted octanol–water partition coefficient (Wildman–Crippen LogP) is 1.20. The van der Waals surface area contributed by atoms with Crippen LogP contribution < -0.4 is 9.44 Å². The van der Waals surface area contributed by atoms with E-state index >= 15 is 0 Å². The number of nitrogens with one attached hydrogen (secondary N) is 2. The van der Waals surface area contributed by atoms with E-state index in [1.54, 1.807) is 41.5 Å². The van der Waals surface area contributed by atoms with Crippen LogP contribution in [0.2, 0.25) is 0 Å². The lowest BCUT2D eigenvalue weighted by Gasteiger charge is -2.13. The number of carbonyl (C=O) groups excluding carboxylic acids is 4. The lowest BCUT2D eigenvalue weighted by molar-refractivity contribution is -0.220. The van der Waals surface area contributed by atoms with Crippen LogP contribution >= 0.6 is 24.1 Å². The summed E-state index contributed by atoms with van der Waals surface area (Å²) in [6.45, 7) is 10.5. The van der Waals surface area contributed by atoms with Crippen molar-refractivity contribution in [3.05, 3.63) is 0 Å². The normalized spacial score (nSPS) is 12.2. The third-order valence-corrected chi connectivity index (χ3v) is 8.49. The van der Waals surface area contributed by atoms with Gasteiger partial charge < -0.3 is 18.9 Å². The maximum Gasteiger partial charge on any atom is 0.344 e. The van der Waals surface area contributed by atoms with Gasteiger partial charge in [0.1, 0.15) is 12.6 Å². The molecule has 1 unspecified atom stereocenters. The molecule has 0 heterocycles. The molecule has 0 amide bonds. The van der Waals surface area contributed by atoms with Crippen molar-refractivity contribution < 1.29 is 73.4 Å². The molecule has 0 saturated carbocycles. The molecule has 1 atom stereocenters. The average molecular weight is 761 g/mol. The van der Waals surface area contributed by atoms with Gasteiger partial charge in [-0.3, -0.25) is 9.59 Å². The van der Waals surface area contributed by atoms with Gasteiger partial charge in [0.15, 0.2) is 13.2 Å². The van der Waals surface area contributed by atoms with Crippen LogP contribution in [-0.2, 0) is 76.6 Å². The van der Waals surface area contributed by atoms with Crippen molar-refractivity contribution in [2.75, 3.05) is 56.0 Å². The molecule has 0 aliphatic rings. The molecule has 18 nitrogen and oxygen atoms in total. The van der Waals surface area contributed by atoms with Gasteiger partial charge in [-0.05, 0) is 61.3 Å². The molecule has 0 rings (SSSR count). The lowest BCUT2D eigenvalue weighted by atomic mass is 10.4. The molecule has 0 aromatic heterocycles. The van der Waals surface area contributed by atoms with E-state index in [2.05, 4.69) is 28.4 Å². The third-order valence-electron chi connectivity index (χ3n) is 4.28. The summed E-state index contributed by atoms with van der Waals surface area (Å²) >= 11 is 2.01. The Morgan fingerprint density at radius 2 is 1.09 bits per heavy atom. The first-order chi connectivity index (χ1) is 21.9. The van der Waals surface area contributed by atoms with E-state index in [-0.39, 0.29) is 36.9 Å². The fraction of sp³-hybridized carbons (Fsp3) is 0.840. The molecule has 22 heteroatoms. The van der Waals surface area contributed by atoms with E-state index in [1.165, 1.54) is 6.92 Å². The zero-order valence-electron chi connectivity index (χ0n) is 27.7. The topological polar surface area (TPSA) is 234 Å². The van der Waals surface area contributed by atoms with Gasteiger partial charge in [-0.2, -0.15) is 8.67 Å². The Balaban J connectivity index is 0. The predicted molar refractivity (Wildman–Crippen MR) is 172 cm³/mol. The Labute approximate surface area is 285 Å². The van der Waals surface area contributed by atoms with Gasteiger partial charge in [-0.15, -0.1) is 0 Å². The average Bonchev–Trinajstić information content (AvgIpc) is 2.97. The van der Waals surface area contributed by atoms with Gasteiger partial charge in [-0.25, -0.2) is 45.6 Å². The molecule has 0 aliphatic carbocycles. The molecule has 0 radical (unpaired) electrons. The second-order valence-electron chi connectivity index (χ2n) is 9.45. The number of hydrogen-bond donors (Lipinski definition) is 2. The van der Waals surface area contributed by atoms with Crippen molar-refractivity contribution in [1.29, 1.82) is 0 Å². The molecule has 0 saturated heterocycles. The number of rotatable bonds is 26. The highest BCUT2D eigenvalue weighted by Crippen LogP contribution is 2.09. The van der Waals surface area contributed by atoms with Crippen molar-refractivity contribution in [3.8, 4) is 0 Å². The second-order valence-corrected chi connectivity index (χ2v) is 14.8. The minimum absolute atomic E-state index is 0.0754. The van der Waals surface area contributed by atoms with Crippen LogP contribution in [0.4, 0.5) is 0 Å². The van der Waals surface area contributed by atoms with Gasteiger partial charge in [0.05, 0.1) is 36.9 Å². The molecule has 47 heavy (non-hydrogen) atoms. The molecule has 2 N–H and O–H groups in total. The molecule has 0 aliphatic heterocycles. The van der Waals surface area contributed by atoms with Crippen LogP contribution in [0.25, 0.3) is 0 Å². The van der Waals surface area contributed by atoms with E-state index in [4.69, 9.17) is 18.4 Å². The molecule has 0 spiro atoms. The number of sulfonamides is 2. The molecule has 0 aromatic rings. The minimum atomic E-state index is -3.65. The molecular weight excluding hydrogens is 713 g/mol. The molecule has 0 bridgehead atoms. The van der Waals surface area contributed by atoms with Gasteiger partial charge in [0.2, 0.25) is 20.0 Å². The zero-order chi connectivity index (χ0) is 36.3. The van der Waals surface area contributed by atoms with Crippen LogP contribution in [0.5, 0.6) is 0 Å². The standard InChI is InChI=1S/C13H25NO8S2.C12H23NO8S2/c1-5-19-12(15)9-20-13(16)11(4)14-24(17,18)8-6-7-23-22-21-10(2)3;1-4-18-12(15)9-19-11(14)8-13-23(16,17)7-5-6-22-21-20-10(2)3/h10-11,14H,5-9H2,1-4H3;10,13H,4-9H2,1-3H3. The highest BCUT2D eigenvalue weighted by molar-refractivity contribution is 7.94. The zero-order valence-corrected chi connectivity index (χ0v) is 30.9. The van der Waals surface area contributed by atoms with Crippen molar-refractivity contribution in [1.82, 2.24) is 9.44 Å². The lowest BCUT2D eigenvalue weighted by Crippen LogP contribution is -2.41. The first kappa shape index (κ1) is 47.4. The molecule has 278 valence electrons. The highest BCUT2D eigenvalue weighted by Gasteiger charge is 2.22. The number of esters is 4. The van der Waals surface area contributed by atoms with Crippen LogP contribution in [-0.4, -0.2) is 115 Å². The Kier molecular flexibility index (Phi) is 28.3. The summed E-state index contributed by atoms with van der Waals surface area (Å²) in [6, 6.07) is -1.10. The summed E-state index contributed by atoms with van der Waals surface area (Å²) < 4.78 is 79.1. The Morgan fingerprint density at radius 3 is 1.53 bits per heavy atom. The van der Waals surface area contributed by atoms with E-state index in [9.17, 15) is 36.0 Å². The van der Waals surface area contributed by atoms with Crippen molar-refractivity contribution in [2.45, 2.75) is 79.6 Å². The molecule has 0 aromatic carbocycles. The Bertz CT molecular complexity index is 1100. The summed E-state index contributed by atoms with van der Waals surface area (Å²) in [4.78, 5) is 54.6. The quantitative estimate of drug-likeness (QED) is 0.0315. The maximum absolute atomic E-state index is 11.8. The summed E-state index contributed by atoms with van der Waals surface area (Å²) in [7, 11) is -7.26. The maximum atomic E-state index is 11.8. The van der Waals surface area contributed by atoms with Gasteiger partial charge in [0, 0.05) is 35.6 Å². The Morgan fingerprint density at radius 1 is 0.638 bits per heavy atom. The van der Waals surface area contributed by atoms with Crippen LogP contribution in [0.3, 0.4) is 0 Å². The van der Waals surface area contributed by atoms with Crippen LogP contribution in [0, 0.1) is 0 Å². The fourth-order valence-electron chi connectivity index (χ4n) is 2.36. The summed E-state index contributed by atoms with van der Waals surface area (Å²) in [6.07, 6.45) is 0.476. The fourth-order valence-corrected chi connectivity index (χ4v) is 6.10. The Hall–Kier alpha value is -1.76. The summed E-state index contributed by atoms with van der Waals surface area (Å²) in [5.74, 6) is -2.61. The number of ether oxygens (including phenoxy) is 4. The van der Waals surface area contributed by atoms with Gasteiger partial charge in [-0.1, -0.05) is 0 Å². The third kappa shape index (κ3) is 32.6. The smallest absolute Gasteiger partial charge is 0.344 e. The van der Waals surface area contributed by atoms with E-state index in [1.807, 2.05) is 0 Å². The van der Waals surface area contributed by atoms with Crippen molar-refractivity contribution in [3.63, 3.8) is 0 Å². The number of carbonyl (C=O) groups is 4. The van der Waals surface area contributed by atoms with Gasteiger partial charge in [0.25, 0.3) is 0 Å².